The zero-order valence-electron chi connectivity index (χ0n) is 7.50. The molecule has 1 heterocycles. The van der Waals surface area contributed by atoms with Crippen LogP contribution < -0.4 is 0 Å². The first-order valence-electron chi connectivity index (χ1n) is 3.97. The third kappa shape index (κ3) is 1.42. The molecule has 0 aliphatic heterocycles. The summed E-state index contributed by atoms with van der Waals surface area (Å²) >= 11 is 3.43. The second-order valence-corrected chi connectivity index (χ2v) is 4.70. The molecule has 0 aliphatic rings. The van der Waals surface area contributed by atoms with E-state index in [4.69, 9.17) is 0 Å². The summed E-state index contributed by atoms with van der Waals surface area (Å²) in [6.07, 6.45) is 2.07. The fourth-order valence-electron chi connectivity index (χ4n) is 1.31. The minimum absolute atomic E-state index is 0.391. The van der Waals surface area contributed by atoms with Gasteiger partial charge in [-0.15, -0.1) is 23.1 Å². The van der Waals surface area contributed by atoms with Gasteiger partial charge in [-0.2, -0.15) is 0 Å². The Morgan fingerprint density at radius 1 is 1.38 bits per heavy atom. The molecule has 0 saturated heterocycles. The number of thioether (sulfide) groups is 1. The van der Waals surface area contributed by atoms with Crippen LogP contribution in [0.5, 0.6) is 5.75 Å². The zero-order valence-corrected chi connectivity index (χ0v) is 9.13. The van der Waals surface area contributed by atoms with E-state index >= 15 is 0 Å². The van der Waals surface area contributed by atoms with Crippen molar-refractivity contribution in [1.29, 1.82) is 0 Å². The first kappa shape index (κ1) is 8.91. The second-order valence-electron chi connectivity index (χ2n) is 2.94. The van der Waals surface area contributed by atoms with Gasteiger partial charge in [0.1, 0.15) is 5.75 Å². The van der Waals surface area contributed by atoms with Crippen LogP contribution in [0.15, 0.2) is 22.4 Å². The van der Waals surface area contributed by atoms with E-state index in [1.165, 1.54) is 10.3 Å². The summed E-state index contributed by atoms with van der Waals surface area (Å²) in [6, 6.07) is 3.89. The van der Waals surface area contributed by atoms with Gasteiger partial charge in [0.15, 0.2) is 0 Å². The number of rotatable bonds is 1. The monoisotopic (exact) mass is 210 g/mol. The lowest BCUT2D eigenvalue weighted by molar-refractivity contribution is 0.472. The fourth-order valence-corrected chi connectivity index (χ4v) is 3.13. The van der Waals surface area contributed by atoms with Gasteiger partial charge in [-0.1, -0.05) is 0 Å². The molecule has 0 aliphatic carbocycles. The van der Waals surface area contributed by atoms with Crippen molar-refractivity contribution in [3.05, 3.63) is 23.1 Å². The maximum atomic E-state index is 9.50. The van der Waals surface area contributed by atoms with Crippen molar-refractivity contribution < 1.29 is 5.11 Å². The van der Waals surface area contributed by atoms with Gasteiger partial charge >= 0.3 is 0 Å². The van der Waals surface area contributed by atoms with Gasteiger partial charge in [0.25, 0.3) is 0 Å². The van der Waals surface area contributed by atoms with Crippen LogP contribution in [-0.4, -0.2) is 11.4 Å². The first-order valence-corrected chi connectivity index (χ1v) is 6.07. The summed E-state index contributed by atoms with van der Waals surface area (Å²) in [5.74, 6) is 0.391. The Labute approximate surface area is 85.4 Å². The molecule has 0 saturated carbocycles. The third-order valence-corrected chi connectivity index (χ3v) is 3.95. The Balaban J connectivity index is 2.77. The molecular weight excluding hydrogens is 200 g/mol. The van der Waals surface area contributed by atoms with Crippen molar-refractivity contribution in [1.82, 2.24) is 0 Å². The molecule has 1 aromatic carbocycles. The van der Waals surface area contributed by atoms with Gasteiger partial charge in [0.05, 0.1) is 0 Å². The molecule has 0 bridgehead atoms. The smallest absolute Gasteiger partial charge is 0.119 e. The standard InChI is InChI=1S/C10H10OS2/c1-6-3-7-9(4-8(6)11)13-5-10(7)12-2/h3-5,11H,1-2H3. The number of aryl methyl sites for hydroxylation is 1. The molecule has 1 aromatic heterocycles. The van der Waals surface area contributed by atoms with E-state index in [-0.39, 0.29) is 0 Å². The molecule has 0 fully saturated rings. The molecule has 0 amide bonds. The minimum Gasteiger partial charge on any atom is -0.508 e. The van der Waals surface area contributed by atoms with Crippen LogP contribution in [0.1, 0.15) is 5.56 Å². The SMILES string of the molecule is CSc1csc2cc(O)c(C)cc12. The van der Waals surface area contributed by atoms with Crippen molar-refractivity contribution in [2.75, 3.05) is 6.26 Å². The summed E-state index contributed by atoms with van der Waals surface area (Å²) in [5.41, 5.74) is 0.946. The number of hydrogen-bond donors (Lipinski definition) is 1. The van der Waals surface area contributed by atoms with E-state index < -0.39 is 0 Å². The van der Waals surface area contributed by atoms with Crippen LogP contribution in [0.3, 0.4) is 0 Å². The zero-order chi connectivity index (χ0) is 9.42. The van der Waals surface area contributed by atoms with Crippen molar-refractivity contribution in [2.45, 2.75) is 11.8 Å². The molecule has 2 aromatic rings. The predicted octanol–water partition coefficient (Wildman–Crippen LogP) is 3.64. The van der Waals surface area contributed by atoms with E-state index in [0.717, 1.165) is 10.3 Å². The molecular formula is C10H10OS2. The number of benzene rings is 1. The Bertz CT molecular complexity index is 445. The number of phenols is 1. The van der Waals surface area contributed by atoms with Crippen LogP contribution in [-0.2, 0) is 0 Å². The fraction of sp³-hybridized carbons (Fsp3) is 0.200. The van der Waals surface area contributed by atoms with Crippen molar-refractivity contribution in [3.63, 3.8) is 0 Å². The Morgan fingerprint density at radius 2 is 2.15 bits per heavy atom. The molecule has 68 valence electrons. The van der Waals surface area contributed by atoms with E-state index in [9.17, 15) is 5.11 Å². The largest absolute Gasteiger partial charge is 0.508 e. The molecule has 0 atom stereocenters. The molecule has 13 heavy (non-hydrogen) atoms. The normalized spacial score (nSPS) is 10.9. The highest BCUT2D eigenvalue weighted by Gasteiger charge is 2.05. The minimum atomic E-state index is 0.391. The van der Waals surface area contributed by atoms with Crippen LogP contribution in [0.25, 0.3) is 10.1 Å². The number of fused-ring (bicyclic) bond motifs is 1. The summed E-state index contributed by atoms with van der Waals surface area (Å²) in [6.45, 7) is 1.93. The van der Waals surface area contributed by atoms with E-state index in [0.29, 0.717) is 5.75 Å². The first-order chi connectivity index (χ1) is 6.22. The maximum absolute atomic E-state index is 9.50. The summed E-state index contributed by atoms with van der Waals surface area (Å²) in [7, 11) is 0. The average molecular weight is 210 g/mol. The Morgan fingerprint density at radius 3 is 2.85 bits per heavy atom. The lowest BCUT2D eigenvalue weighted by atomic mass is 10.2. The highest BCUT2D eigenvalue weighted by molar-refractivity contribution is 7.99. The molecule has 0 unspecified atom stereocenters. The van der Waals surface area contributed by atoms with Crippen molar-refractivity contribution in [3.8, 4) is 5.75 Å². The molecule has 1 N–H and O–H groups in total. The van der Waals surface area contributed by atoms with E-state index in [1.54, 1.807) is 23.1 Å². The van der Waals surface area contributed by atoms with Crippen molar-refractivity contribution in [2.24, 2.45) is 0 Å². The van der Waals surface area contributed by atoms with Crippen LogP contribution in [0.4, 0.5) is 0 Å². The molecule has 0 spiro atoms. The summed E-state index contributed by atoms with van der Waals surface area (Å²) < 4.78 is 1.16. The number of phenolic OH excluding ortho intramolecular Hbond substituents is 1. The van der Waals surface area contributed by atoms with Crippen molar-refractivity contribution >= 4 is 33.2 Å². The maximum Gasteiger partial charge on any atom is 0.119 e. The second kappa shape index (κ2) is 3.24. The highest BCUT2D eigenvalue weighted by atomic mass is 32.2. The Kier molecular flexibility index (Phi) is 2.22. The van der Waals surface area contributed by atoms with Gasteiger partial charge in [0.2, 0.25) is 0 Å². The van der Waals surface area contributed by atoms with Gasteiger partial charge in [-0.3, -0.25) is 0 Å². The molecule has 0 radical (unpaired) electrons. The molecule has 1 nitrogen and oxygen atoms in total. The van der Waals surface area contributed by atoms with Gasteiger partial charge < -0.3 is 5.11 Å². The Hall–Kier alpha value is -0.670. The van der Waals surface area contributed by atoms with Crippen LogP contribution in [0, 0.1) is 6.92 Å². The number of aromatic hydroxyl groups is 1. The van der Waals surface area contributed by atoms with E-state index in [1.807, 2.05) is 19.1 Å². The third-order valence-electron chi connectivity index (χ3n) is 2.08. The molecule has 2 rings (SSSR count). The predicted molar refractivity (Wildman–Crippen MR) is 60.0 cm³/mol. The summed E-state index contributed by atoms with van der Waals surface area (Å²) in [4.78, 5) is 1.29. The van der Waals surface area contributed by atoms with Gasteiger partial charge in [-0.05, 0) is 30.9 Å². The number of thiophene rings is 1. The number of hydrogen-bond acceptors (Lipinski definition) is 3. The molecule has 3 heteroatoms. The lowest BCUT2D eigenvalue weighted by Gasteiger charge is -1.99. The quantitative estimate of drug-likeness (QED) is 0.725. The highest BCUT2D eigenvalue weighted by Crippen LogP contribution is 2.35. The van der Waals surface area contributed by atoms with Crippen LogP contribution >= 0.6 is 23.1 Å². The van der Waals surface area contributed by atoms with Gasteiger partial charge in [0, 0.05) is 20.4 Å². The summed E-state index contributed by atoms with van der Waals surface area (Å²) in [5, 5.41) is 12.9. The average Bonchev–Trinajstić information content (AvgIpc) is 2.48. The van der Waals surface area contributed by atoms with Crippen LogP contribution in [0.2, 0.25) is 0 Å². The van der Waals surface area contributed by atoms with E-state index in [2.05, 4.69) is 11.6 Å². The van der Waals surface area contributed by atoms with Gasteiger partial charge in [-0.25, -0.2) is 0 Å². The topological polar surface area (TPSA) is 20.2 Å². The lowest BCUT2D eigenvalue weighted by Crippen LogP contribution is -1.74.